The molecule has 1 aromatic rings. The van der Waals surface area contributed by atoms with Gasteiger partial charge in [-0.3, -0.25) is 4.79 Å². The Morgan fingerprint density at radius 1 is 1.23 bits per heavy atom. The second-order valence-corrected chi connectivity index (χ2v) is 5.62. The molecule has 0 aromatic heterocycles. The van der Waals surface area contributed by atoms with Crippen LogP contribution in [0.15, 0.2) is 24.3 Å². The molecule has 2 fully saturated rings. The number of benzene rings is 1. The van der Waals surface area contributed by atoms with Crippen LogP contribution in [0, 0.1) is 5.82 Å². The number of nitrogens with one attached hydrogen (secondary N) is 1. The molecule has 1 aliphatic heterocycles. The predicted octanol–water partition coefficient (Wildman–Crippen LogP) is 1.66. The summed E-state index contributed by atoms with van der Waals surface area (Å²) in [6.45, 7) is 1.07. The van der Waals surface area contributed by atoms with Gasteiger partial charge in [0.2, 0.25) is 0 Å². The molecule has 0 bridgehead atoms. The van der Waals surface area contributed by atoms with E-state index in [4.69, 9.17) is 14.2 Å². The molecule has 120 valence electrons. The first kappa shape index (κ1) is 15.2. The molecule has 22 heavy (non-hydrogen) atoms. The summed E-state index contributed by atoms with van der Waals surface area (Å²) in [5.41, 5.74) is 0. The summed E-state index contributed by atoms with van der Waals surface area (Å²) in [6, 6.07) is 6.10. The second kappa shape index (κ2) is 7.07. The summed E-state index contributed by atoms with van der Waals surface area (Å²) in [7, 11) is 0. The van der Waals surface area contributed by atoms with E-state index in [2.05, 4.69) is 5.32 Å². The number of halogens is 1. The van der Waals surface area contributed by atoms with Crippen molar-refractivity contribution in [3.63, 3.8) is 0 Å². The average Bonchev–Trinajstić information content (AvgIpc) is 2.54. The molecule has 1 N–H and O–H groups in total. The van der Waals surface area contributed by atoms with E-state index in [1.54, 1.807) is 12.1 Å². The normalized spacial score (nSPS) is 27.8. The molecule has 0 spiro atoms. The van der Waals surface area contributed by atoms with Gasteiger partial charge in [-0.2, -0.15) is 0 Å². The summed E-state index contributed by atoms with van der Waals surface area (Å²) in [4.78, 5) is 11.9. The SMILES string of the molecule is O=C(COc1ccccc1F)NC1CCC2OCCOC2C1. The average molecular weight is 309 g/mol. The van der Waals surface area contributed by atoms with Crippen LogP contribution in [0.1, 0.15) is 19.3 Å². The van der Waals surface area contributed by atoms with Crippen LogP contribution in [0.25, 0.3) is 0 Å². The number of ether oxygens (including phenoxy) is 3. The van der Waals surface area contributed by atoms with E-state index in [0.29, 0.717) is 13.2 Å². The Morgan fingerprint density at radius 2 is 2.00 bits per heavy atom. The van der Waals surface area contributed by atoms with E-state index < -0.39 is 5.82 Å². The third kappa shape index (κ3) is 3.75. The molecule has 3 atom stereocenters. The van der Waals surface area contributed by atoms with Crippen LogP contribution >= 0.6 is 0 Å². The van der Waals surface area contributed by atoms with Gasteiger partial charge in [0.1, 0.15) is 0 Å². The number of hydrogen-bond donors (Lipinski definition) is 1. The standard InChI is InChI=1S/C16H20FNO4/c17-12-3-1-2-4-13(12)22-10-16(19)18-11-5-6-14-15(9-11)21-8-7-20-14/h1-4,11,14-15H,5-10H2,(H,18,19). The summed E-state index contributed by atoms with van der Waals surface area (Å²) >= 11 is 0. The molecule has 2 aliphatic rings. The number of amides is 1. The first-order chi connectivity index (χ1) is 10.7. The topological polar surface area (TPSA) is 56.8 Å². The predicted molar refractivity (Wildman–Crippen MR) is 77.2 cm³/mol. The molecule has 5 nitrogen and oxygen atoms in total. The number of carbonyl (C=O) groups is 1. The van der Waals surface area contributed by atoms with Gasteiger partial charge in [-0.25, -0.2) is 4.39 Å². The number of fused-ring (bicyclic) bond motifs is 1. The highest BCUT2D eigenvalue weighted by molar-refractivity contribution is 5.77. The molecule has 1 aromatic carbocycles. The molecular weight excluding hydrogens is 289 g/mol. The Hall–Kier alpha value is -1.66. The molecule has 3 unspecified atom stereocenters. The van der Waals surface area contributed by atoms with E-state index >= 15 is 0 Å². The highest BCUT2D eigenvalue weighted by Gasteiger charge is 2.34. The molecule has 1 saturated carbocycles. The zero-order chi connectivity index (χ0) is 15.4. The van der Waals surface area contributed by atoms with Crippen molar-refractivity contribution >= 4 is 5.91 Å². The fourth-order valence-corrected chi connectivity index (χ4v) is 2.97. The van der Waals surface area contributed by atoms with Crippen LogP contribution in [0.3, 0.4) is 0 Å². The van der Waals surface area contributed by atoms with E-state index in [9.17, 15) is 9.18 Å². The van der Waals surface area contributed by atoms with Crippen LogP contribution in [-0.4, -0.2) is 44.0 Å². The lowest BCUT2D eigenvalue weighted by molar-refractivity contribution is -0.158. The smallest absolute Gasteiger partial charge is 0.258 e. The molecule has 3 rings (SSSR count). The van der Waals surface area contributed by atoms with Crippen LogP contribution in [0.2, 0.25) is 0 Å². The Labute approximate surface area is 128 Å². The lowest BCUT2D eigenvalue weighted by atomic mass is 9.89. The number of para-hydroxylation sites is 1. The molecule has 0 radical (unpaired) electrons. The van der Waals surface area contributed by atoms with E-state index in [1.165, 1.54) is 12.1 Å². The maximum absolute atomic E-state index is 13.4. The van der Waals surface area contributed by atoms with Crippen molar-refractivity contribution in [1.29, 1.82) is 0 Å². The molecule has 1 heterocycles. The highest BCUT2D eigenvalue weighted by atomic mass is 19.1. The van der Waals surface area contributed by atoms with Gasteiger partial charge in [-0.1, -0.05) is 12.1 Å². The summed E-state index contributed by atoms with van der Waals surface area (Å²) < 4.78 is 29.9. The quantitative estimate of drug-likeness (QED) is 0.919. The number of hydrogen-bond acceptors (Lipinski definition) is 4. The lowest BCUT2D eigenvalue weighted by Gasteiger charge is -2.39. The zero-order valence-corrected chi connectivity index (χ0v) is 12.3. The van der Waals surface area contributed by atoms with Crippen molar-refractivity contribution in [2.45, 2.75) is 37.5 Å². The van der Waals surface area contributed by atoms with Crippen LogP contribution in [-0.2, 0) is 14.3 Å². The van der Waals surface area contributed by atoms with Gasteiger partial charge in [0.05, 0.1) is 25.4 Å². The number of carbonyl (C=O) groups excluding carboxylic acids is 1. The van der Waals surface area contributed by atoms with Crippen LogP contribution in [0.4, 0.5) is 4.39 Å². The van der Waals surface area contributed by atoms with Gasteiger partial charge in [-0.05, 0) is 31.4 Å². The van der Waals surface area contributed by atoms with Crippen molar-refractivity contribution in [2.24, 2.45) is 0 Å². The summed E-state index contributed by atoms with van der Waals surface area (Å²) in [6.07, 6.45) is 2.69. The maximum Gasteiger partial charge on any atom is 0.258 e. The zero-order valence-electron chi connectivity index (χ0n) is 12.3. The highest BCUT2D eigenvalue weighted by Crippen LogP contribution is 2.26. The molecule has 1 amide bonds. The minimum atomic E-state index is -0.469. The van der Waals surface area contributed by atoms with Gasteiger partial charge in [0.25, 0.3) is 5.91 Å². The molecular formula is C16H20FNO4. The third-order valence-corrected chi connectivity index (χ3v) is 4.04. The fourth-order valence-electron chi connectivity index (χ4n) is 2.97. The maximum atomic E-state index is 13.4. The number of rotatable bonds is 4. The molecule has 1 aliphatic carbocycles. The Bertz CT molecular complexity index is 525. The van der Waals surface area contributed by atoms with E-state index in [1.807, 2.05) is 0 Å². The largest absolute Gasteiger partial charge is 0.481 e. The monoisotopic (exact) mass is 309 g/mol. The van der Waals surface area contributed by atoms with E-state index in [-0.39, 0.29) is 36.5 Å². The third-order valence-electron chi connectivity index (χ3n) is 4.04. The van der Waals surface area contributed by atoms with Crippen molar-refractivity contribution in [2.75, 3.05) is 19.8 Å². The minimum Gasteiger partial charge on any atom is -0.481 e. The van der Waals surface area contributed by atoms with Crippen molar-refractivity contribution in [1.82, 2.24) is 5.32 Å². The van der Waals surface area contributed by atoms with Crippen molar-refractivity contribution in [3.8, 4) is 5.75 Å². The van der Waals surface area contributed by atoms with Gasteiger partial charge >= 0.3 is 0 Å². The molecule has 6 heteroatoms. The van der Waals surface area contributed by atoms with Crippen molar-refractivity contribution < 1.29 is 23.4 Å². The summed E-state index contributed by atoms with van der Waals surface area (Å²) in [5, 5.41) is 2.92. The fraction of sp³-hybridized carbons (Fsp3) is 0.562. The molecule has 1 saturated heterocycles. The first-order valence-electron chi connectivity index (χ1n) is 7.62. The minimum absolute atomic E-state index is 0.0553. The second-order valence-electron chi connectivity index (χ2n) is 5.62. The summed E-state index contributed by atoms with van der Waals surface area (Å²) in [5.74, 6) is -0.627. The van der Waals surface area contributed by atoms with E-state index in [0.717, 1.165) is 19.3 Å². The van der Waals surface area contributed by atoms with Crippen LogP contribution in [0.5, 0.6) is 5.75 Å². The Kier molecular flexibility index (Phi) is 4.90. The Morgan fingerprint density at radius 3 is 2.82 bits per heavy atom. The van der Waals surface area contributed by atoms with Crippen molar-refractivity contribution in [3.05, 3.63) is 30.1 Å². The van der Waals surface area contributed by atoms with Gasteiger partial charge < -0.3 is 19.5 Å². The van der Waals surface area contributed by atoms with Crippen LogP contribution < -0.4 is 10.1 Å². The Balaban J connectivity index is 1.45. The first-order valence-corrected chi connectivity index (χ1v) is 7.62. The van der Waals surface area contributed by atoms with Gasteiger partial charge in [0.15, 0.2) is 18.2 Å². The van der Waals surface area contributed by atoms with Gasteiger partial charge in [-0.15, -0.1) is 0 Å². The lowest BCUT2D eigenvalue weighted by Crippen LogP contribution is -2.50. The van der Waals surface area contributed by atoms with Gasteiger partial charge in [0, 0.05) is 6.04 Å².